The standard InChI is InChI=1S/C21H26ClN3O3/c1-4-27-21(26)16(14-25-11-9-24(3)10-12-25)13-18-15(2)28-23-20(18)17-7-5-6-8-19(17)22/h5-8,13H,4,9-12,14H2,1-3H3. The number of carbonyl (C=O) groups is 1. The van der Waals surface area contributed by atoms with E-state index in [2.05, 4.69) is 22.0 Å². The molecular formula is C21H26ClN3O3. The van der Waals surface area contributed by atoms with Crippen molar-refractivity contribution < 1.29 is 14.1 Å². The van der Waals surface area contributed by atoms with Gasteiger partial charge in [-0.2, -0.15) is 0 Å². The molecule has 0 atom stereocenters. The highest BCUT2D eigenvalue weighted by Gasteiger charge is 2.22. The monoisotopic (exact) mass is 403 g/mol. The first-order valence-electron chi connectivity index (χ1n) is 9.49. The maximum atomic E-state index is 12.6. The predicted octanol–water partition coefficient (Wildman–Crippen LogP) is 3.50. The Labute approximate surface area is 170 Å². The number of nitrogens with zero attached hydrogens (tertiary/aromatic N) is 3. The zero-order valence-corrected chi connectivity index (χ0v) is 17.3. The first-order chi connectivity index (χ1) is 13.5. The molecule has 0 radical (unpaired) electrons. The Bertz CT molecular complexity index is 854. The van der Waals surface area contributed by atoms with Crippen LogP contribution >= 0.6 is 11.6 Å². The second kappa shape index (κ2) is 9.37. The minimum atomic E-state index is -0.313. The molecule has 1 fully saturated rings. The third kappa shape index (κ3) is 4.82. The lowest BCUT2D eigenvalue weighted by Crippen LogP contribution is -2.45. The third-order valence-electron chi connectivity index (χ3n) is 4.88. The number of esters is 1. The number of hydrogen-bond donors (Lipinski definition) is 0. The van der Waals surface area contributed by atoms with Crippen LogP contribution in [0, 0.1) is 6.92 Å². The van der Waals surface area contributed by atoms with Crippen LogP contribution in [0.25, 0.3) is 17.3 Å². The van der Waals surface area contributed by atoms with E-state index in [0.717, 1.165) is 37.3 Å². The van der Waals surface area contributed by atoms with E-state index in [1.54, 1.807) is 0 Å². The Morgan fingerprint density at radius 1 is 1.29 bits per heavy atom. The highest BCUT2D eigenvalue weighted by Crippen LogP contribution is 2.32. The Hall–Kier alpha value is -2.15. The minimum Gasteiger partial charge on any atom is -0.463 e. The van der Waals surface area contributed by atoms with Crippen LogP contribution in [0.2, 0.25) is 5.02 Å². The second-order valence-corrected chi connectivity index (χ2v) is 7.36. The van der Waals surface area contributed by atoms with Gasteiger partial charge in [-0.25, -0.2) is 4.79 Å². The van der Waals surface area contributed by atoms with E-state index in [1.807, 2.05) is 44.2 Å². The van der Waals surface area contributed by atoms with Crippen LogP contribution in [-0.2, 0) is 9.53 Å². The summed E-state index contributed by atoms with van der Waals surface area (Å²) in [7, 11) is 2.11. The summed E-state index contributed by atoms with van der Waals surface area (Å²) in [6, 6.07) is 7.47. The molecule has 7 heteroatoms. The van der Waals surface area contributed by atoms with Crippen molar-refractivity contribution in [1.82, 2.24) is 15.0 Å². The van der Waals surface area contributed by atoms with Gasteiger partial charge in [0.1, 0.15) is 11.5 Å². The number of ether oxygens (including phenoxy) is 1. The van der Waals surface area contributed by atoms with Crippen molar-refractivity contribution in [2.75, 3.05) is 46.4 Å². The average Bonchev–Trinajstić information content (AvgIpc) is 3.04. The van der Waals surface area contributed by atoms with Crippen LogP contribution < -0.4 is 0 Å². The Kier molecular flexibility index (Phi) is 6.88. The van der Waals surface area contributed by atoms with Crippen molar-refractivity contribution in [2.24, 2.45) is 0 Å². The highest BCUT2D eigenvalue weighted by atomic mass is 35.5. The van der Waals surface area contributed by atoms with Crippen molar-refractivity contribution in [3.63, 3.8) is 0 Å². The lowest BCUT2D eigenvalue weighted by Gasteiger charge is -2.32. The molecule has 2 heterocycles. The van der Waals surface area contributed by atoms with Crippen LogP contribution in [0.1, 0.15) is 18.2 Å². The number of likely N-dealkylation sites (N-methyl/N-ethyl adjacent to an activating group) is 1. The fourth-order valence-corrected chi connectivity index (χ4v) is 3.44. The molecule has 1 aliphatic heterocycles. The summed E-state index contributed by atoms with van der Waals surface area (Å²) >= 11 is 6.35. The van der Waals surface area contributed by atoms with E-state index in [-0.39, 0.29) is 5.97 Å². The molecule has 1 saturated heterocycles. The highest BCUT2D eigenvalue weighted by molar-refractivity contribution is 6.33. The van der Waals surface area contributed by atoms with Gasteiger partial charge in [-0.05, 0) is 33.0 Å². The second-order valence-electron chi connectivity index (χ2n) is 6.95. The van der Waals surface area contributed by atoms with Crippen molar-refractivity contribution in [1.29, 1.82) is 0 Å². The maximum absolute atomic E-state index is 12.6. The SMILES string of the molecule is CCOC(=O)C(=Cc1c(-c2ccccc2Cl)noc1C)CN1CCN(C)CC1. The summed E-state index contributed by atoms with van der Waals surface area (Å²) in [6.07, 6.45) is 1.83. The molecule has 0 N–H and O–H groups in total. The molecular weight excluding hydrogens is 378 g/mol. The number of aromatic nitrogens is 1. The number of carbonyl (C=O) groups excluding carboxylic acids is 1. The number of rotatable bonds is 6. The van der Waals surface area contributed by atoms with Crippen LogP contribution in [0.5, 0.6) is 0 Å². The molecule has 0 amide bonds. The van der Waals surface area contributed by atoms with E-state index < -0.39 is 0 Å². The summed E-state index contributed by atoms with van der Waals surface area (Å²) < 4.78 is 10.7. The van der Waals surface area contributed by atoms with E-state index in [1.165, 1.54) is 0 Å². The predicted molar refractivity (Wildman–Crippen MR) is 110 cm³/mol. The smallest absolute Gasteiger partial charge is 0.335 e. The molecule has 0 unspecified atom stereocenters. The van der Waals surface area contributed by atoms with E-state index in [9.17, 15) is 4.79 Å². The molecule has 0 aliphatic carbocycles. The molecule has 0 bridgehead atoms. The number of benzene rings is 1. The third-order valence-corrected chi connectivity index (χ3v) is 5.21. The quantitative estimate of drug-likeness (QED) is 0.543. The van der Waals surface area contributed by atoms with Gasteiger partial charge in [-0.1, -0.05) is 35.0 Å². The van der Waals surface area contributed by atoms with Gasteiger partial charge in [-0.3, -0.25) is 4.90 Å². The number of hydrogen-bond acceptors (Lipinski definition) is 6. The number of piperazine rings is 1. The average molecular weight is 404 g/mol. The van der Waals surface area contributed by atoms with Crippen molar-refractivity contribution in [2.45, 2.75) is 13.8 Å². The van der Waals surface area contributed by atoms with E-state index in [0.29, 0.717) is 35.2 Å². The van der Waals surface area contributed by atoms with Gasteiger partial charge in [-0.15, -0.1) is 0 Å². The van der Waals surface area contributed by atoms with E-state index in [4.69, 9.17) is 20.9 Å². The molecule has 1 aromatic carbocycles. The van der Waals surface area contributed by atoms with Gasteiger partial charge >= 0.3 is 5.97 Å². The zero-order valence-electron chi connectivity index (χ0n) is 16.6. The maximum Gasteiger partial charge on any atom is 0.335 e. The summed E-state index contributed by atoms with van der Waals surface area (Å²) in [5.41, 5.74) is 2.75. The molecule has 1 aromatic heterocycles. The largest absolute Gasteiger partial charge is 0.463 e. The van der Waals surface area contributed by atoms with Crippen molar-refractivity contribution in [3.8, 4) is 11.3 Å². The number of aryl methyl sites for hydroxylation is 1. The lowest BCUT2D eigenvalue weighted by molar-refractivity contribution is -0.138. The Morgan fingerprint density at radius 3 is 2.68 bits per heavy atom. The van der Waals surface area contributed by atoms with Gasteiger partial charge in [0.05, 0.1) is 17.2 Å². The molecule has 0 spiro atoms. The zero-order chi connectivity index (χ0) is 20.1. The van der Waals surface area contributed by atoms with Crippen LogP contribution in [0.4, 0.5) is 0 Å². The lowest BCUT2D eigenvalue weighted by atomic mass is 10.0. The fraction of sp³-hybridized carbons (Fsp3) is 0.429. The first kappa shape index (κ1) is 20.6. The van der Waals surface area contributed by atoms with Crippen LogP contribution in [0.15, 0.2) is 34.4 Å². The number of halogens is 1. The Morgan fingerprint density at radius 2 is 2.00 bits per heavy atom. The van der Waals surface area contributed by atoms with Gasteiger partial charge in [0.15, 0.2) is 0 Å². The molecule has 1 aliphatic rings. The molecule has 28 heavy (non-hydrogen) atoms. The molecule has 150 valence electrons. The van der Waals surface area contributed by atoms with Gasteiger partial charge in [0.2, 0.25) is 0 Å². The summed E-state index contributed by atoms with van der Waals surface area (Å²) in [6.45, 7) is 8.28. The normalized spacial score (nSPS) is 16.4. The Balaban J connectivity index is 1.95. The van der Waals surface area contributed by atoms with Gasteiger partial charge in [0, 0.05) is 43.9 Å². The molecule has 6 nitrogen and oxygen atoms in total. The first-order valence-corrected chi connectivity index (χ1v) is 9.87. The van der Waals surface area contributed by atoms with E-state index >= 15 is 0 Å². The fourth-order valence-electron chi connectivity index (χ4n) is 3.21. The van der Waals surface area contributed by atoms with Gasteiger partial charge in [0.25, 0.3) is 0 Å². The van der Waals surface area contributed by atoms with Crippen LogP contribution in [-0.4, -0.2) is 67.3 Å². The van der Waals surface area contributed by atoms with Crippen molar-refractivity contribution >= 4 is 23.6 Å². The molecule has 3 rings (SSSR count). The topological polar surface area (TPSA) is 58.8 Å². The molecule has 2 aromatic rings. The summed E-state index contributed by atoms with van der Waals surface area (Å²) in [4.78, 5) is 17.2. The van der Waals surface area contributed by atoms with Crippen molar-refractivity contribution in [3.05, 3.63) is 46.2 Å². The summed E-state index contributed by atoms with van der Waals surface area (Å²) in [5.74, 6) is 0.322. The summed E-state index contributed by atoms with van der Waals surface area (Å²) in [5, 5.41) is 4.77. The minimum absolute atomic E-state index is 0.313. The molecule has 0 saturated carbocycles. The van der Waals surface area contributed by atoms with Crippen LogP contribution in [0.3, 0.4) is 0 Å². The van der Waals surface area contributed by atoms with Gasteiger partial charge < -0.3 is 14.2 Å².